The van der Waals surface area contributed by atoms with Crippen LogP contribution < -0.4 is 5.32 Å². The molecular formula is C14H22N2S. The maximum atomic E-state index is 3.51. The van der Waals surface area contributed by atoms with Gasteiger partial charge in [-0.15, -0.1) is 0 Å². The molecule has 1 aliphatic rings. The van der Waals surface area contributed by atoms with Crippen molar-refractivity contribution in [1.29, 1.82) is 0 Å². The van der Waals surface area contributed by atoms with E-state index < -0.39 is 0 Å². The Bertz CT molecular complexity index is 328. The van der Waals surface area contributed by atoms with Crippen LogP contribution in [-0.2, 0) is 6.54 Å². The smallest absolute Gasteiger partial charge is 0.0355 e. The highest BCUT2D eigenvalue weighted by atomic mass is 32.2. The van der Waals surface area contributed by atoms with Crippen LogP contribution in [0.2, 0.25) is 0 Å². The molecule has 17 heavy (non-hydrogen) atoms. The van der Waals surface area contributed by atoms with Crippen molar-refractivity contribution in [3.63, 3.8) is 0 Å². The summed E-state index contributed by atoms with van der Waals surface area (Å²) in [4.78, 5) is 2.59. The molecule has 0 radical (unpaired) electrons. The Morgan fingerprint density at radius 3 is 2.71 bits per heavy atom. The molecule has 0 bridgehead atoms. The number of rotatable bonds is 5. The summed E-state index contributed by atoms with van der Waals surface area (Å²) in [5.74, 6) is 0. The van der Waals surface area contributed by atoms with Crippen LogP contribution in [0.3, 0.4) is 0 Å². The van der Waals surface area contributed by atoms with Gasteiger partial charge in [0.2, 0.25) is 0 Å². The second-order valence-corrected chi connectivity index (χ2v) is 5.63. The Morgan fingerprint density at radius 2 is 2.06 bits per heavy atom. The first-order valence-electron chi connectivity index (χ1n) is 6.36. The van der Waals surface area contributed by atoms with E-state index in [1.54, 1.807) is 0 Å². The first kappa shape index (κ1) is 12.9. The van der Waals surface area contributed by atoms with Gasteiger partial charge in [-0.2, -0.15) is 11.8 Å². The lowest BCUT2D eigenvalue weighted by Gasteiger charge is -2.30. The zero-order valence-electron chi connectivity index (χ0n) is 10.7. The molecule has 1 heterocycles. The fourth-order valence-corrected chi connectivity index (χ4v) is 3.39. The van der Waals surface area contributed by atoms with Crippen molar-refractivity contribution in [2.45, 2.75) is 24.8 Å². The molecule has 0 amide bonds. The molecule has 94 valence electrons. The highest BCUT2D eigenvalue weighted by molar-refractivity contribution is 7.99. The highest BCUT2D eigenvalue weighted by Gasteiger charge is 2.30. The third-order valence-corrected chi connectivity index (χ3v) is 4.62. The number of thioether (sulfide) groups is 1. The summed E-state index contributed by atoms with van der Waals surface area (Å²) in [6, 6.07) is 11.5. The van der Waals surface area contributed by atoms with E-state index in [1.165, 1.54) is 5.56 Å². The molecule has 1 saturated heterocycles. The Labute approximate surface area is 109 Å². The van der Waals surface area contributed by atoms with E-state index in [4.69, 9.17) is 0 Å². The number of hydrogen-bond donors (Lipinski definition) is 1. The van der Waals surface area contributed by atoms with E-state index in [2.05, 4.69) is 53.7 Å². The maximum Gasteiger partial charge on any atom is 0.0355 e. The third kappa shape index (κ3) is 3.24. The molecule has 0 spiro atoms. The van der Waals surface area contributed by atoms with Gasteiger partial charge in [0.15, 0.2) is 0 Å². The minimum Gasteiger partial charge on any atom is -0.314 e. The highest BCUT2D eigenvalue weighted by Crippen LogP contribution is 2.21. The summed E-state index contributed by atoms with van der Waals surface area (Å²) in [6.07, 6.45) is 2.22. The van der Waals surface area contributed by atoms with Crippen molar-refractivity contribution in [1.82, 2.24) is 10.2 Å². The summed E-state index contributed by atoms with van der Waals surface area (Å²) in [5.41, 5.74) is 1.42. The van der Waals surface area contributed by atoms with Gasteiger partial charge in [-0.25, -0.2) is 0 Å². The van der Waals surface area contributed by atoms with Gasteiger partial charge in [-0.1, -0.05) is 37.3 Å². The predicted molar refractivity (Wildman–Crippen MR) is 76.5 cm³/mol. The summed E-state index contributed by atoms with van der Waals surface area (Å²) < 4.78 is 0. The van der Waals surface area contributed by atoms with Crippen LogP contribution in [0.25, 0.3) is 0 Å². The van der Waals surface area contributed by atoms with Crippen LogP contribution in [0.15, 0.2) is 30.3 Å². The monoisotopic (exact) mass is 250 g/mol. The first-order chi connectivity index (χ1) is 8.35. The number of benzene rings is 1. The van der Waals surface area contributed by atoms with Gasteiger partial charge in [-0.05, 0) is 18.4 Å². The minimum atomic E-state index is 0.676. The lowest BCUT2D eigenvalue weighted by atomic mass is 10.1. The van der Waals surface area contributed by atoms with E-state index in [0.717, 1.165) is 31.4 Å². The topological polar surface area (TPSA) is 15.3 Å². The molecule has 0 aromatic heterocycles. The molecule has 1 N–H and O–H groups in total. The minimum absolute atomic E-state index is 0.676. The Morgan fingerprint density at radius 1 is 1.29 bits per heavy atom. The standard InChI is InChI=1S/C14H22N2S/c1-3-16(11-12-7-5-4-6-8-12)13-9-15-10-14(13)17-2/h4-8,13-15H,3,9-11H2,1-2H3. The molecule has 2 atom stereocenters. The second kappa shape index (κ2) is 6.43. The van der Waals surface area contributed by atoms with Gasteiger partial charge in [0.1, 0.15) is 0 Å². The molecule has 1 aromatic carbocycles. The molecular weight excluding hydrogens is 228 g/mol. The Kier molecular flexibility index (Phi) is 4.89. The van der Waals surface area contributed by atoms with Crippen LogP contribution in [0.5, 0.6) is 0 Å². The molecule has 0 saturated carbocycles. The zero-order chi connectivity index (χ0) is 12.1. The van der Waals surface area contributed by atoms with E-state index in [0.29, 0.717) is 6.04 Å². The molecule has 3 heteroatoms. The lowest BCUT2D eigenvalue weighted by molar-refractivity contribution is 0.214. The van der Waals surface area contributed by atoms with Gasteiger partial charge in [-0.3, -0.25) is 4.90 Å². The van der Waals surface area contributed by atoms with Gasteiger partial charge in [0.25, 0.3) is 0 Å². The van der Waals surface area contributed by atoms with Gasteiger partial charge in [0, 0.05) is 30.9 Å². The van der Waals surface area contributed by atoms with Crippen LogP contribution >= 0.6 is 11.8 Å². The molecule has 2 unspecified atom stereocenters. The summed E-state index contributed by atoms with van der Waals surface area (Å²) in [5, 5.41) is 4.25. The van der Waals surface area contributed by atoms with Crippen LogP contribution in [0.1, 0.15) is 12.5 Å². The van der Waals surface area contributed by atoms with E-state index in [1.807, 2.05) is 11.8 Å². The van der Waals surface area contributed by atoms with E-state index in [9.17, 15) is 0 Å². The summed E-state index contributed by atoms with van der Waals surface area (Å²) >= 11 is 1.99. The fourth-order valence-electron chi connectivity index (χ4n) is 2.53. The van der Waals surface area contributed by atoms with E-state index >= 15 is 0 Å². The molecule has 1 aromatic rings. The predicted octanol–water partition coefficient (Wildman–Crippen LogP) is 2.21. The average Bonchev–Trinajstić information content (AvgIpc) is 2.85. The van der Waals surface area contributed by atoms with Gasteiger partial charge < -0.3 is 5.32 Å². The van der Waals surface area contributed by atoms with Crippen molar-refractivity contribution in [2.75, 3.05) is 25.9 Å². The van der Waals surface area contributed by atoms with Crippen molar-refractivity contribution in [3.8, 4) is 0 Å². The van der Waals surface area contributed by atoms with E-state index in [-0.39, 0.29) is 0 Å². The molecule has 2 nitrogen and oxygen atoms in total. The van der Waals surface area contributed by atoms with Gasteiger partial charge >= 0.3 is 0 Å². The Hall–Kier alpha value is -0.510. The largest absolute Gasteiger partial charge is 0.314 e. The molecule has 0 aliphatic carbocycles. The third-order valence-electron chi connectivity index (χ3n) is 3.53. The number of likely N-dealkylation sites (N-methyl/N-ethyl adjacent to an activating group) is 1. The van der Waals surface area contributed by atoms with Crippen molar-refractivity contribution in [2.24, 2.45) is 0 Å². The Balaban J connectivity index is 2.01. The quantitative estimate of drug-likeness (QED) is 0.862. The zero-order valence-corrected chi connectivity index (χ0v) is 11.5. The fraction of sp³-hybridized carbons (Fsp3) is 0.571. The molecule has 1 fully saturated rings. The van der Waals surface area contributed by atoms with Gasteiger partial charge in [0.05, 0.1) is 0 Å². The second-order valence-electron chi connectivity index (χ2n) is 4.55. The average molecular weight is 250 g/mol. The number of nitrogens with zero attached hydrogens (tertiary/aromatic N) is 1. The molecule has 2 rings (SSSR count). The molecule has 1 aliphatic heterocycles. The van der Waals surface area contributed by atoms with Crippen molar-refractivity contribution < 1.29 is 0 Å². The van der Waals surface area contributed by atoms with Crippen molar-refractivity contribution in [3.05, 3.63) is 35.9 Å². The summed E-state index contributed by atoms with van der Waals surface area (Å²) in [7, 11) is 0. The normalized spacial score (nSPS) is 24.4. The summed E-state index contributed by atoms with van der Waals surface area (Å²) in [6.45, 7) is 6.74. The van der Waals surface area contributed by atoms with Crippen LogP contribution in [-0.4, -0.2) is 42.1 Å². The SMILES string of the molecule is CCN(Cc1ccccc1)C1CNCC1SC. The lowest BCUT2D eigenvalue weighted by Crippen LogP contribution is -2.41. The number of nitrogens with one attached hydrogen (secondary N) is 1. The maximum absolute atomic E-state index is 3.51. The van der Waals surface area contributed by atoms with Crippen LogP contribution in [0.4, 0.5) is 0 Å². The van der Waals surface area contributed by atoms with Crippen LogP contribution in [0, 0.1) is 0 Å². The first-order valence-corrected chi connectivity index (χ1v) is 7.65. The number of hydrogen-bond acceptors (Lipinski definition) is 3. The van der Waals surface area contributed by atoms with Crippen molar-refractivity contribution >= 4 is 11.8 Å².